The highest BCUT2D eigenvalue weighted by Crippen LogP contribution is 2.23. The van der Waals surface area contributed by atoms with E-state index in [4.69, 9.17) is 0 Å². The minimum absolute atomic E-state index is 0.137. The van der Waals surface area contributed by atoms with Gasteiger partial charge in [-0.05, 0) is 36.2 Å². The third-order valence-electron chi connectivity index (χ3n) is 4.98. The smallest absolute Gasteiger partial charge is 0.323 e. The Balaban J connectivity index is 1.31. The molecular formula is C21H22FN5OS. The van der Waals surface area contributed by atoms with E-state index in [-0.39, 0.29) is 11.8 Å². The molecule has 6 nitrogen and oxygen atoms in total. The van der Waals surface area contributed by atoms with E-state index >= 15 is 0 Å². The molecule has 0 spiro atoms. The summed E-state index contributed by atoms with van der Waals surface area (Å²) in [6, 6.07) is 9.06. The van der Waals surface area contributed by atoms with Crippen LogP contribution >= 0.6 is 11.3 Å². The lowest BCUT2D eigenvalue weighted by Gasteiger charge is -2.35. The van der Waals surface area contributed by atoms with Crippen LogP contribution < -0.4 is 10.2 Å². The van der Waals surface area contributed by atoms with Gasteiger partial charge in [0.15, 0.2) is 5.13 Å². The molecule has 3 heterocycles. The lowest BCUT2D eigenvalue weighted by molar-refractivity contribution is 0.208. The van der Waals surface area contributed by atoms with Crippen LogP contribution in [0.4, 0.5) is 20.0 Å². The van der Waals surface area contributed by atoms with E-state index in [9.17, 15) is 9.18 Å². The summed E-state index contributed by atoms with van der Waals surface area (Å²) in [7, 11) is 0. The van der Waals surface area contributed by atoms with Crippen molar-refractivity contribution >= 4 is 28.2 Å². The number of amides is 2. The molecule has 0 atom stereocenters. The first kappa shape index (κ1) is 19.3. The minimum atomic E-state index is -0.202. The van der Waals surface area contributed by atoms with Crippen LogP contribution in [-0.4, -0.2) is 47.1 Å². The Bertz CT molecular complexity index is 986. The highest BCUT2D eigenvalue weighted by molar-refractivity contribution is 7.15. The van der Waals surface area contributed by atoms with Crippen molar-refractivity contribution in [3.63, 3.8) is 0 Å². The number of rotatable bonds is 4. The first-order chi connectivity index (χ1) is 14.1. The molecule has 150 valence electrons. The third kappa shape index (κ3) is 4.71. The molecule has 1 aliphatic heterocycles. The monoisotopic (exact) mass is 411 g/mol. The number of hydrogen-bond acceptors (Lipinski definition) is 5. The minimum Gasteiger partial charge on any atom is -0.368 e. The number of urea groups is 1. The number of aryl methyl sites for hydroxylation is 1. The molecule has 1 fully saturated rings. The van der Waals surface area contributed by atoms with Crippen molar-refractivity contribution in [2.75, 3.05) is 36.4 Å². The Labute approximate surface area is 173 Å². The van der Waals surface area contributed by atoms with E-state index in [1.807, 2.05) is 18.2 Å². The molecule has 8 heteroatoms. The number of halogens is 1. The number of carbonyl (C=O) groups excluding carboxylic acids is 1. The number of benzene rings is 1. The summed E-state index contributed by atoms with van der Waals surface area (Å²) >= 11 is 1.42. The Kier molecular flexibility index (Phi) is 5.71. The quantitative estimate of drug-likeness (QED) is 0.707. The SMILES string of the molecule is Cc1ccc(Cc2cnc(NC(=O)N3CCN(c4ccncc4)CC3)s2)cc1F. The molecule has 1 saturated heterocycles. The maximum absolute atomic E-state index is 13.7. The van der Waals surface area contributed by atoms with Crippen molar-refractivity contribution in [1.82, 2.24) is 14.9 Å². The Morgan fingerprint density at radius 3 is 2.66 bits per heavy atom. The van der Waals surface area contributed by atoms with Crippen LogP contribution in [0.1, 0.15) is 16.0 Å². The molecule has 0 aliphatic carbocycles. The van der Waals surface area contributed by atoms with Gasteiger partial charge in [-0.2, -0.15) is 0 Å². The highest BCUT2D eigenvalue weighted by atomic mass is 32.1. The van der Waals surface area contributed by atoms with Crippen molar-refractivity contribution in [3.8, 4) is 0 Å². The second-order valence-corrected chi connectivity index (χ2v) is 8.12. The Morgan fingerprint density at radius 2 is 1.93 bits per heavy atom. The van der Waals surface area contributed by atoms with E-state index in [1.165, 1.54) is 11.3 Å². The summed E-state index contributed by atoms with van der Waals surface area (Å²) in [5.41, 5.74) is 2.65. The van der Waals surface area contributed by atoms with Crippen LogP contribution in [0.25, 0.3) is 0 Å². The molecule has 1 aliphatic rings. The number of piperazine rings is 1. The summed E-state index contributed by atoms with van der Waals surface area (Å²) in [5, 5.41) is 3.45. The molecule has 0 bridgehead atoms. The lowest BCUT2D eigenvalue weighted by Crippen LogP contribution is -2.50. The number of nitrogens with zero attached hydrogens (tertiary/aromatic N) is 4. The maximum Gasteiger partial charge on any atom is 0.323 e. The van der Waals surface area contributed by atoms with Gasteiger partial charge < -0.3 is 9.80 Å². The van der Waals surface area contributed by atoms with Crippen LogP contribution in [0.3, 0.4) is 0 Å². The Morgan fingerprint density at radius 1 is 1.17 bits per heavy atom. The number of aromatic nitrogens is 2. The molecule has 1 N–H and O–H groups in total. The number of anilines is 2. The normalized spacial score (nSPS) is 14.1. The van der Waals surface area contributed by atoms with Gasteiger partial charge in [0, 0.05) is 61.8 Å². The zero-order valence-electron chi connectivity index (χ0n) is 16.1. The summed E-state index contributed by atoms with van der Waals surface area (Å²) in [4.78, 5) is 25.9. The zero-order valence-corrected chi connectivity index (χ0v) is 17.0. The maximum atomic E-state index is 13.7. The van der Waals surface area contributed by atoms with Gasteiger partial charge in [-0.25, -0.2) is 14.2 Å². The van der Waals surface area contributed by atoms with E-state index in [1.54, 1.807) is 42.5 Å². The fourth-order valence-corrected chi connectivity index (χ4v) is 4.12. The highest BCUT2D eigenvalue weighted by Gasteiger charge is 2.22. The van der Waals surface area contributed by atoms with Gasteiger partial charge in [0.2, 0.25) is 0 Å². The number of hydrogen-bond donors (Lipinski definition) is 1. The molecule has 0 unspecified atom stereocenters. The zero-order chi connectivity index (χ0) is 20.2. The van der Waals surface area contributed by atoms with Crippen LogP contribution in [0.2, 0.25) is 0 Å². The molecule has 2 aromatic heterocycles. The number of nitrogens with one attached hydrogen (secondary N) is 1. The van der Waals surface area contributed by atoms with E-state index in [2.05, 4.69) is 20.2 Å². The predicted octanol–water partition coefficient (Wildman–Crippen LogP) is 3.93. The molecule has 3 aromatic rings. The Hall–Kier alpha value is -3.00. The fourth-order valence-electron chi connectivity index (χ4n) is 3.29. The van der Waals surface area contributed by atoms with E-state index in [0.29, 0.717) is 30.2 Å². The molecular weight excluding hydrogens is 389 g/mol. The van der Waals surface area contributed by atoms with Gasteiger partial charge in [-0.3, -0.25) is 10.3 Å². The van der Waals surface area contributed by atoms with Crippen molar-refractivity contribution in [3.05, 3.63) is 70.7 Å². The standard InChI is InChI=1S/C21H22FN5OS/c1-15-2-3-16(13-19(15)22)12-18-14-24-20(29-18)25-21(28)27-10-8-26(9-11-27)17-4-6-23-7-5-17/h2-7,13-14H,8-12H2,1H3,(H,24,25,28). The number of pyridine rings is 1. The third-order valence-corrected chi connectivity index (χ3v) is 5.89. The summed E-state index contributed by atoms with van der Waals surface area (Å²) in [6.07, 6.45) is 5.88. The second-order valence-electron chi connectivity index (χ2n) is 7.00. The van der Waals surface area contributed by atoms with Crippen molar-refractivity contribution < 1.29 is 9.18 Å². The van der Waals surface area contributed by atoms with Crippen molar-refractivity contribution in [1.29, 1.82) is 0 Å². The van der Waals surface area contributed by atoms with Gasteiger partial charge in [0.25, 0.3) is 0 Å². The second kappa shape index (κ2) is 8.57. The summed E-state index contributed by atoms with van der Waals surface area (Å²) < 4.78 is 13.7. The van der Waals surface area contributed by atoms with E-state index in [0.717, 1.165) is 29.2 Å². The predicted molar refractivity (Wildman–Crippen MR) is 113 cm³/mol. The van der Waals surface area contributed by atoms with Gasteiger partial charge in [0.05, 0.1) is 0 Å². The number of carbonyl (C=O) groups is 1. The van der Waals surface area contributed by atoms with Gasteiger partial charge in [-0.1, -0.05) is 12.1 Å². The first-order valence-electron chi connectivity index (χ1n) is 9.49. The summed E-state index contributed by atoms with van der Waals surface area (Å²) in [6.45, 7) is 4.60. The van der Waals surface area contributed by atoms with Crippen LogP contribution in [0.15, 0.2) is 48.9 Å². The van der Waals surface area contributed by atoms with Gasteiger partial charge in [0.1, 0.15) is 5.82 Å². The van der Waals surface area contributed by atoms with Crippen LogP contribution in [0.5, 0.6) is 0 Å². The van der Waals surface area contributed by atoms with Crippen LogP contribution in [-0.2, 0) is 6.42 Å². The molecule has 0 radical (unpaired) electrons. The largest absolute Gasteiger partial charge is 0.368 e. The summed E-state index contributed by atoms with van der Waals surface area (Å²) in [5.74, 6) is -0.202. The molecule has 4 rings (SSSR count). The lowest BCUT2D eigenvalue weighted by atomic mass is 10.1. The van der Waals surface area contributed by atoms with Crippen LogP contribution in [0, 0.1) is 12.7 Å². The first-order valence-corrected chi connectivity index (χ1v) is 10.3. The van der Waals surface area contributed by atoms with Crippen molar-refractivity contribution in [2.24, 2.45) is 0 Å². The van der Waals surface area contributed by atoms with Gasteiger partial charge >= 0.3 is 6.03 Å². The molecule has 1 aromatic carbocycles. The van der Waals surface area contributed by atoms with Crippen molar-refractivity contribution in [2.45, 2.75) is 13.3 Å². The number of thiazole rings is 1. The van der Waals surface area contributed by atoms with Gasteiger partial charge in [-0.15, -0.1) is 11.3 Å². The molecule has 2 amide bonds. The molecule has 0 saturated carbocycles. The average molecular weight is 412 g/mol. The average Bonchev–Trinajstić information content (AvgIpc) is 3.18. The molecule has 29 heavy (non-hydrogen) atoms. The fraction of sp³-hybridized carbons (Fsp3) is 0.286. The van der Waals surface area contributed by atoms with E-state index < -0.39 is 0 Å². The topological polar surface area (TPSA) is 61.4 Å².